The number of nitrogens with zero attached hydrogens (tertiary/aromatic N) is 3. The van der Waals surface area contributed by atoms with Crippen molar-refractivity contribution in [3.8, 4) is 11.5 Å². The summed E-state index contributed by atoms with van der Waals surface area (Å²) in [6.45, 7) is 1.27. The molecule has 1 aromatic heterocycles. The highest BCUT2D eigenvalue weighted by Gasteiger charge is 2.22. The van der Waals surface area contributed by atoms with Gasteiger partial charge in [-0.2, -0.15) is 0 Å². The number of anilines is 1. The molecule has 0 saturated carbocycles. The molecular formula is C20H24ClN3O3S. The van der Waals surface area contributed by atoms with E-state index in [-0.39, 0.29) is 18.3 Å². The number of thiazole rings is 1. The molecule has 0 fully saturated rings. The van der Waals surface area contributed by atoms with Crippen molar-refractivity contribution >= 4 is 45.0 Å². The predicted molar refractivity (Wildman–Crippen MR) is 117 cm³/mol. The van der Waals surface area contributed by atoms with E-state index in [1.807, 2.05) is 49.3 Å². The third kappa shape index (κ3) is 4.92. The van der Waals surface area contributed by atoms with Crippen LogP contribution in [0.4, 0.5) is 5.13 Å². The van der Waals surface area contributed by atoms with Gasteiger partial charge in [0.25, 0.3) is 5.91 Å². The highest BCUT2D eigenvalue weighted by molar-refractivity contribution is 7.22. The van der Waals surface area contributed by atoms with Crippen LogP contribution in [0.2, 0.25) is 0 Å². The number of rotatable bonds is 7. The number of likely N-dealkylation sites (N-methyl/N-ethyl adjacent to an activating group) is 1. The molecule has 0 bridgehead atoms. The van der Waals surface area contributed by atoms with Crippen LogP contribution in [0.5, 0.6) is 11.5 Å². The molecule has 0 saturated heterocycles. The van der Waals surface area contributed by atoms with E-state index >= 15 is 0 Å². The molecule has 28 heavy (non-hydrogen) atoms. The minimum Gasteiger partial charge on any atom is -0.497 e. The van der Waals surface area contributed by atoms with Gasteiger partial charge >= 0.3 is 0 Å². The molecular weight excluding hydrogens is 398 g/mol. The minimum atomic E-state index is -0.0956. The van der Waals surface area contributed by atoms with Gasteiger partial charge in [0.1, 0.15) is 11.5 Å². The van der Waals surface area contributed by atoms with Crippen LogP contribution < -0.4 is 14.4 Å². The van der Waals surface area contributed by atoms with Crippen molar-refractivity contribution < 1.29 is 14.3 Å². The topological polar surface area (TPSA) is 54.9 Å². The van der Waals surface area contributed by atoms with Crippen molar-refractivity contribution in [2.45, 2.75) is 0 Å². The average molecular weight is 422 g/mol. The Kier molecular flexibility index (Phi) is 7.62. The van der Waals surface area contributed by atoms with Gasteiger partial charge in [-0.3, -0.25) is 9.69 Å². The number of methoxy groups -OCH3 is 2. The van der Waals surface area contributed by atoms with Crippen molar-refractivity contribution in [3.05, 3.63) is 48.0 Å². The van der Waals surface area contributed by atoms with Crippen molar-refractivity contribution in [2.24, 2.45) is 0 Å². The fraction of sp³-hybridized carbons (Fsp3) is 0.300. The lowest BCUT2D eigenvalue weighted by atomic mass is 10.2. The maximum atomic E-state index is 13.2. The molecule has 1 heterocycles. The van der Waals surface area contributed by atoms with Crippen LogP contribution in [0.1, 0.15) is 10.4 Å². The van der Waals surface area contributed by atoms with E-state index in [0.717, 1.165) is 22.5 Å². The SMILES string of the molecule is COc1cccc(C(=O)N(CCN(C)C)c2nc3ccc(OC)cc3s2)c1.Cl. The molecule has 1 amide bonds. The zero-order valence-corrected chi connectivity index (χ0v) is 18.0. The fourth-order valence-corrected chi connectivity index (χ4v) is 3.65. The zero-order valence-electron chi connectivity index (χ0n) is 16.3. The summed E-state index contributed by atoms with van der Waals surface area (Å²) in [4.78, 5) is 21.7. The standard InChI is InChI=1S/C20H23N3O3S.ClH/c1-22(2)10-11-23(19(24)14-6-5-7-15(12-14)25-3)20-21-17-9-8-16(26-4)13-18(17)27-20;/h5-9,12-13H,10-11H2,1-4H3;1H. The van der Waals surface area contributed by atoms with Crippen molar-refractivity contribution in [1.29, 1.82) is 0 Å². The van der Waals surface area contributed by atoms with Gasteiger partial charge in [-0.1, -0.05) is 17.4 Å². The number of ether oxygens (including phenoxy) is 2. The second kappa shape index (κ2) is 9.73. The Hall–Kier alpha value is -2.35. The average Bonchev–Trinajstić information content (AvgIpc) is 3.10. The number of carbonyl (C=O) groups is 1. The van der Waals surface area contributed by atoms with Gasteiger partial charge in [0.05, 0.1) is 24.4 Å². The van der Waals surface area contributed by atoms with E-state index in [4.69, 9.17) is 9.47 Å². The van der Waals surface area contributed by atoms with E-state index in [2.05, 4.69) is 4.98 Å². The van der Waals surface area contributed by atoms with E-state index in [9.17, 15) is 4.79 Å². The molecule has 3 rings (SSSR count). The molecule has 0 aliphatic heterocycles. The first kappa shape index (κ1) is 21.9. The smallest absolute Gasteiger partial charge is 0.260 e. The summed E-state index contributed by atoms with van der Waals surface area (Å²) in [5.41, 5.74) is 1.43. The second-order valence-electron chi connectivity index (χ2n) is 6.32. The third-order valence-electron chi connectivity index (χ3n) is 4.15. The summed E-state index contributed by atoms with van der Waals surface area (Å²) >= 11 is 1.48. The number of carbonyl (C=O) groups excluding carboxylic acids is 1. The Balaban J connectivity index is 0.00000280. The van der Waals surface area contributed by atoms with E-state index in [1.54, 1.807) is 31.3 Å². The number of hydrogen-bond acceptors (Lipinski definition) is 6. The van der Waals surface area contributed by atoms with Gasteiger partial charge in [0.2, 0.25) is 0 Å². The summed E-state index contributed by atoms with van der Waals surface area (Å²) in [5, 5.41) is 0.674. The Labute approximate surface area is 175 Å². The van der Waals surface area contributed by atoms with Crippen LogP contribution in [0, 0.1) is 0 Å². The van der Waals surface area contributed by atoms with Crippen molar-refractivity contribution in [3.63, 3.8) is 0 Å². The Morgan fingerprint density at radius 2 is 1.75 bits per heavy atom. The lowest BCUT2D eigenvalue weighted by Crippen LogP contribution is -2.36. The predicted octanol–water partition coefficient (Wildman–Crippen LogP) is 3.94. The number of halogens is 1. The molecule has 0 aliphatic carbocycles. The highest BCUT2D eigenvalue weighted by atomic mass is 35.5. The quantitative estimate of drug-likeness (QED) is 0.578. The minimum absolute atomic E-state index is 0. The first-order chi connectivity index (χ1) is 13.0. The molecule has 0 aliphatic rings. The number of amides is 1. The number of fused-ring (bicyclic) bond motifs is 1. The summed E-state index contributed by atoms with van der Waals surface area (Å²) in [7, 11) is 7.20. The molecule has 0 spiro atoms. The van der Waals surface area contributed by atoms with Crippen LogP contribution in [-0.2, 0) is 0 Å². The summed E-state index contributed by atoms with van der Waals surface area (Å²) in [6, 6.07) is 12.9. The van der Waals surface area contributed by atoms with Crippen LogP contribution >= 0.6 is 23.7 Å². The Bertz CT molecular complexity index is 945. The van der Waals surface area contributed by atoms with Crippen LogP contribution in [0.15, 0.2) is 42.5 Å². The van der Waals surface area contributed by atoms with Crippen molar-refractivity contribution in [1.82, 2.24) is 9.88 Å². The van der Waals surface area contributed by atoms with Gasteiger partial charge in [0, 0.05) is 18.7 Å². The van der Waals surface area contributed by atoms with Gasteiger partial charge in [-0.15, -0.1) is 12.4 Å². The maximum Gasteiger partial charge on any atom is 0.260 e. The highest BCUT2D eigenvalue weighted by Crippen LogP contribution is 2.32. The summed E-state index contributed by atoms with van der Waals surface area (Å²) in [6.07, 6.45) is 0. The van der Waals surface area contributed by atoms with Gasteiger partial charge < -0.3 is 14.4 Å². The van der Waals surface area contributed by atoms with E-state index in [0.29, 0.717) is 23.0 Å². The number of benzene rings is 2. The van der Waals surface area contributed by atoms with Crippen LogP contribution in [0.3, 0.4) is 0 Å². The lowest BCUT2D eigenvalue weighted by Gasteiger charge is -2.22. The van der Waals surface area contributed by atoms with Crippen molar-refractivity contribution in [2.75, 3.05) is 46.3 Å². The Morgan fingerprint density at radius 3 is 2.43 bits per heavy atom. The molecule has 0 unspecified atom stereocenters. The van der Waals surface area contributed by atoms with E-state index < -0.39 is 0 Å². The molecule has 2 aromatic carbocycles. The fourth-order valence-electron chi connectivity index (χ4n) is 2.63. The maximum absolute atomic E-state index is 13.2. The molecule has 0 N–H and O–H groups in total. The van der Waals surface area contributed by atoms with E-state index in [1.165, 1.54) is 11.3 Å². The second-order valence-corrected chi connectivity index (χ2v) is 7.33. The largest absolute Gasteiger partial charge is 0.497 e. The van der Waals surface area contributed by atoms with Gasteiger partial charge in [-0.05, 0) is 50.5 Å². The number of aromatic nitrogens is 1. The molecule has 8 heteroatoms. The zero-order chi connectivity index (χ0) is 19.4. The normalized spacial score (nSPS) is 10.6. The Morgan fingerprint density at radius 1 is 1.04 bits per heavy atom. The van der Waals surface area contributed by atoms with Gasteiger partial charge in [0.15, 0.2) is 5.13 Å². The molecule has 3 aromatic rings. The monoisotopic (exact) mass is 421 g/mol. The van der Waals surface area contributed by atoms with Crippen LogP contribution in [0.25, 0.3) is 10.2 Å². The van der Waals surface area contributed by atoms with Gasteiger partial charge in [-0.25, -0.2) is 4.98 Å². The molecule has 0 atom stereocenters. The first-order valence-electron chi connectivity index (χ1n) is 8.57. The lowest BCUT2D eigenvalue weighted by molar-refractivity contribution is 0.0985. The summed E-state index contributed by atoms with van der Waals surface area (Å²) in [5.74, 6) is 1.33. The third-order valence-corrected chi connectivity index (χ3v) is 5.19. The molecule has 0 radical (unpaired) electrons. The first-order valence-corrected chi connectivity index (χ1v) is 9.38. The number of hydrogen-bond donors (Lipinski definition) is 0. The van der Waals surface area contributed by atoms with Crippen LogP contribution in [-0.4, -0.2) is 57.2 Å². The summed E-state index contributed by atoms with van der Waals surface area (Å²) < 4.78 is 11.5. The molecule has 6 nitrogen and oxygen atoms in total. The molecule has 150 valence electrons.